The van der Waals surface area contributed by atoms with Crippen molar-refractivity contribution >= 4 is 11.6 Å². The molecule has 0 fully saturated rings. The number of anilines is 1. The fourth-order valence-corrected chi connectivity index (χ4v) is 4.12. The monoisotopic (exact) mass is 455 g/mol. The molecule has 0 aliphatic rings. The number of hydrogen-bond donors (Lipinski definition) is 2. The first-order valence-corrected chi connectivity index (χ1v) is 11.0. The first-order chi connectivity index (χ1) is 16.3. The predicted octanol–water partition coefficient (Wildman–Crippen LogP) is 4.60. The molecule has 0 aliphatic heterocycles. The summed E-state index contributed by atoms with van der Waals surface area (Å²) in [6, 6.07) is 24.3. The zero-order chi connectivity index (χ0) is 24.2. The van der Waals surface area contributed by atoms with E-state index < -0.39 is 17.8 Å². The lowest BCUT2D eigenvalue weighted by atomic mass is 9.85. The Morgan fingerprint density at radius 3 is 2.06 bits per heavy atom. The van der Waals surface area contributed by atoms with E-state index in [-0.39, 0.29) is 11.5 Å². The molecule has 0 spiro atoms. The number of nitrogens with one attached hydrogen (secondary N) is 1. The van der Waals surface area contributed by atoms with Gasteiger partial charge in [-0.3, -0.25) is 9.59 Å². The Morgan fingerprint density at radius 2 is 1.50 bits per heavy atom. The van der Waals surface area contributed by atoms with Crippen molar-refractivity contribution in [3.63, 3.8) is 0 Å². The molecule has 1 amide bonds. The number of carbonyl (C=O) groups is 1. The molecular formula is C28H26FN3O2. The maximum absolute atomic E-state index is 15.0. The minimum absolute atomic E-state index is 0.161. The van der Waals surface area contributed by atoms with E-state index in [0.717, 1.165) is 11.1 Å². The summed E-state index contributed by atoms with van der Waals surface area (Å²) in [4.78, 5) is 24.9. The second kappa shape index (κ2) is 9.85. The van der Waals surface area contributed by atoms with Gasteiger partial charge >= 0.3 is 0 Å². The van der Waals surface area contributed by atoms with Crippen molar-refractivity contribution in [2.45, 2.75) is 18.9 Å². The van der Waals surface area contributed by atoms with Crippen LogP contribution in [0.3, 0.4) is 0 Å². The van der Waals surface area contributed by atoms with Crippen LogP contribution in [-0.4, -0.2) is 16.5 Å². The molecule has 34 heavy (non-hydrogen) atoms. The molecule has 0 saturated heterocycles. The molecule has 0 aliphatic carbocycles. The van der Waals surface area contributed by atoms with E-state index in [1.165, 1.54) is 16.7 Å². The number of nitrogens with zero attached hydrogens (tertiary/aromatic N) is 1. The molecule has 6 heteroatoms. The van der Waals surface area contributed by atoms with Gasteiger partial charge < -0.3 is 15.6 Å². The Kier molecular flexibility index (Phi) is 6.70. The molecule has 5 nitrogen and oxygen atoms in total. The molecule has 3 N–H and O–H groups in total. The van der Waals surface area contributed by atoms with Crippen LogP contribution in [0.4, 0.5) is 10.1 Å². The van der Waals surface area contributed by atoms with Gasteiger partial charge in [-0.1, -0.05) is 60.7 Å². The SMILES string of the molecule is Cc1cc(=O)n(C)cc1-c1ccc(NC(=O)C(N)C(c2ccccc2)c2ccccc2)cc1F. The summed E-state index contributed by atoms with van der Waals surface area (Å²) in [5.74, 6) is -1.28. The van der Waals surface area contributed by atoms with Crippen LogP contribution in [0.1, 0.15) is 22.6 Å². The van der Waals surface area contributed by atoms with E-state index in [0.29, 0.717) is 22.4 Å². The Balaban J connectivity index is 1.60. The summed E-state index contributed by atoms with van der Waals surface area (Å²) in [5, 5.41) is 2.76. The lowest BCUT2D eigenvalue weighted by molar-refractivity contribution is -0.117. The van der Waals surface area contributed by atoms with Gasteiger partial charge in [-0.05, 0) is 41.8 Å². The Labute approximate surface area is 197 Å². The molecule has 1 atom stereocenters. The third-order valence-corrected chi connectivity index (χ3v) is 5.94. The zero-order valence-electron chi connectivity index (χ0n) is 19.0. The largest absolute Gasteiger partial charge is 0.325 e. The first kappa shape index (κ1) is 23.1. The maximum Gasteiger partial charge on any atom is 0.250 e. The van der Waals surface area contributed by atoms with Crippen LogP contribution in [0.25, 0.3) is 11.1 Å². The third kappa shape index (κ3) is 4.82. The van der Waals surface area contributed by atoms with Gasteiger partial charge in [0.15, 0.2) is 0 Å². The van der Waals surface area contributed by atoms with Crippen molar-refractivity contribution in [1.29, 1.82) is 0 Å². The van der Waals surface area contributed by atoms with Crippen LogP contribution in [-0.2, 0) is 11.8 Å². The van der Waals surface area contributed by atoms with E-state index in [2.05, 4.69) is 5.32 Å². The highest BCUT2D eigenvalue weighted by molar-refractivity contribution is 5.96. The summed E-state index contributed by atoms with van der Waals surface area (Å²) >= 11 is 0. The number of halogens is 1. The second-order valence-electron chi connectivity index (χ2n) is 8.33. The van der Waals surface area contributed by atoms with E-state index in [1.54, 1.807) is 32.3 Å². The fraction of sp³-hybridized carbons (Fsp3) is 0.143. The lowest BCUT2D eigenvalue weighted by Gasteiger charge is -2.24. The molecule has 1 heterocycles. The topological polar surface area (TPSA) is 77.1 Å². The van der Waals surface area contributed by atoms with E-state index >= 15 is 4.39 Å². The molecule has 172 valence electrons. The molecule has 4 aromatic rings. The van der Waals surface area contributed by atoms with Gasteiger partial charge in [-0.2, -0.15) is 0 Å². The average Bonchev–Trinajstić information content (AvgIpc) is 2.83. The minimum atomic E-state index is -0.890. The molecular weight excluding hydrogens is 429 g/mol. The van der Waals surface area contributed by atoms with Crippen LogP contribution in [0.5, 0.6) is 0 Å². The summed E-state index contributed by atoms with van der Waals surface area (Å²) in [5.41, 5.74) is 10.1. The number of nitrogens with two attached hydrogens (primary N) is 1. The van der Waals surface area contributed by atoms with Crippen LogP contribution in [0.15, 0.2) is 95.9 Å². The number of amides is 1. The molecule has 4 rings (SSSR count). The van der Waals surface area contributed by atoms with Gasteiger partial charge in [-0.25, -0.2) is 4.39 Å². The first-order valence-electron chi connectivity index (χ1n) is 11.0. The normalized spacial score (nSPS) is 11.9. The van der Waals surface area contributed by atoms with Crippen LogP contribution in [0.2, 0.25) is 0 Å². The standard InChI is InChI=1S/C28H26FN3O2/c1-18-15-25(33)32(2)17-23(18)22-14-13-21(16-24(22)29)31-28(34)27(30)26(19-9-5-3-6-10-19)20-11-7-4-8-12-20/h3-17,26-27H,30H2,1-2H3,(H,31,34). The Hall–Kier alpha value is -4.03. The maximum atomic E-state index is 15.0. The van der Waals surface area contributed by atoms with Crippen molar-refractivity contribution in [3.8, 4) is 11.1 Å². The van der Waals surface area contributed by atoms with E-state index in [4.69, 9.17) is 5.73 Å². The highest BCUT2D eigenvalue weighted by atomic mass is 19.1. The average molecular weight is 456 g/mol. The van der Waals surface area contributed by atoms with Gasteiger partial charge in [0, 0.05) is 42.0 Å². The van der Waals surface area contributed by atoms with Crippen molar-refractivity contribution in [2.75, 3.05) is 5.32 Å². The van der Waals surface area contributed by atoms with Gasteiger partial charge in [-0.15, -0.1) is 0 Å². The number of hydrogen-bond acceptors (Lipinski definition) is 3. The van der Waals surface area contributed by atoms with E-state index in [1.807, 2.05) is 60.7 Å². The molecule has 3 aromatic carbocycles. The molecule has 0 bridgehead atoms. The number of rotatable bonds is 6. The number of aromatic nitrogens is 1. The van der Waals surface area contributed by atoms with Crippen LogP contribution < -0.4 is 16.6 Å². The summed E-state index contributed by atoms with van der Waals surface area (Å²) in [6.45, 7) is 1.76. The highest BCUT2D eigenvalue weighted by Crippen LogP contribution is 2.29. The minimum Gasteiger partial charge on any atom is -0.325 e. The van der Waals surface area contributed by atoms with Crippen molar-refractivity contribution in [3.05, 3.63) is 124 Å². The second-order valence-corrected chi connectivity index (χ2v) is 8.33. The van der Waals surface area contributed by atoms with Gasteiger partial charge in [0.1, 0.15) is 5.82 Å². The summed E-state index contributed by atoms with van der Waals surface area (Å²) in [6.07, 6.45) is 1.61. The quantitative estimate of drug-likeness (QED) is 0.446. The van der Waals surface area contributed by atoms with Crippen LogP contribution >= 0.6 is 0 Å². The van der Waals surface area contributed by atoms with Crippen LogP contribution in [0, 0.1) is 12.7 Å². The molecule has 1 unspecified atom stereocenters. The van der Waals surface area contributed by atoms with Gasteiger partial charge in [0.2, 0.25) is 5.91 Å². The van der Waals surface area contributed by atoms with Gasteiger partial charge in [0.05, 0.1) is 6.04 Å². The third-order valence-electron chi connectivity index (χ3n) is 5.94. The fourth-order valence-electron chi connectivity index (χ4n) is 4.12. The van der Waals surface area contributed by atoms with Crippen molar-refractivity contribution < 1.29 is 9.18 Å². The van der Waals surface area contributed by atoms with Crippen molar-refractivity contribution in [2.24, 2.45) is 12.8 Å². The van der Waals surface area contributed by atoms with Crippen molar-refractivity contribution in [1.82, 2.24) is 4.57 Å². The Bertz CT molecular complexity index is 1330. The number of carbonyl (C=O) groups excluding carboxylic acids is 1. The molecule has 1 aromatic heterocycles. The number of aryl methyl sites for hydroxylation is 2. The van der Waals surface area contributed by atoms with Gasteiger partial charge in [0.25, 0.3) is 5.56 Å². The smallest absolute Gasteiger partial charge is 0.250 e. The number of pyridine rings is 1. The zero-order valence-corrected chi connectivity index (χ0v) is 19.0. The predicted molar refractivity (Wildman–Crippen MR) is 133 cm³/mol. The Morgan fingerprint density at radius 1 is 0.912 bits per heavy atom. The highest BCUT2D eigenvalue weighted by Gasteiger charge is 2.28. The summed E-state index contributed by atoms with van der Waals surface area (Å²) < 4.78 is 16.4. The lowest BCUT2D eigenvalue weighted by Crippen LogP contribution is -2.41. The number of benzene rings is 3. The molecule has 0 saturated carbocycles. The summed E-state index contributed by atoms with van der Waals surface area (Å²) in [7, 11) is 1.62. The molecule has 0 radical (unpaired) electrons. The van der Waals surface area contributed by atoms with E-state index in [9.17, 15) is 9.59 Å².